The molecule has 0 unspecified atom stereocenters. The fourth-order valence-electron chi connectivity index (χ4n) is 2.10. The first-order valence-electron chi connectivity index (χ1n) is 6.45. The lowest BCUT2D eigenvalue weighted by Crippen LogP contribution is -2.13. The molecule has 8 heteroatoms. The van der Waals surface area contributed by atoms with Crippen LogP contribution in [0.15, 0.2) is 23.1 Å². The maximum absolute atomic E-state index is 11.4. The van der Waals surface area contributed by atoms with Crippen molar-refractivity contribution in [2.24, 2.45) is 11.3 Å². The number of anilines is 1. The van der Waals surface area contributed by atoms with Crippen molar-refractivity contribution in [3.05, 3.63) is 28.3 Å². The number of ether oxygens (including phenoxy) is 1. The number of nitrogens with one attached hydrogen (secondary N) is 1. The van der Waals surface area contributed by atoms with Gasteiger partial charge in [0.05, 0.1) is 23.3 Å². The van der Waals surface area contributed by atoms with Gasteiger partial charge in [-0.25, -0.2) is 0 Å². The van der Waals surface area contributed by atoms with Crippen molar-refractivity contribution in [2.75, 3.05) is 18.3 Å². The normalized spacial score (nSPS) is 15.3. The van der Waals surface area contributed by atoms with Crippen LogP contribution in [-0.4, -0.2) is 23.8 Å². The van der Waals surface area contributed by atoms with E-state index in [1.54, 1.807) is 18.2 Å². The number of methoxy groups -OCH3 is 1. The largest absolute Gasteiger partial charge is 0.469 e. The topological polar surface area (TPSA) is 107 Å². The van der Waals surface area contributed by atoms with Crippen LogP contribution in [0.1, 0.15) is 19.3 Å². The number of carbonyl (C=O) groups is 1. The molecule has 1 aromatic carbocycles. The number of para-hydroxylation sites is 1. The number of benzene rings is 1. The van der Waals surface area contributed by atoms with E-state index in [1.807, 2.05) is 0 Å². The van der Waals surface area contributed by atoms with Crippen molar-refractivity contribution >= 4 is 29.1 Å². The maximum atomic E-state index is 11.4. The third kappa shape index (κ3) is 3.64. The van der Waals surface area contributed by atoms with Gasteiger partial charge in [0, 0.05) is 5.75 Å². The molecule has 0 aromatic heterocycles. The zero-order valence-corrected chi connectivity index (χ0v) is 12.4. The van der Waals surface area contributed by atoms with Gasteiger partial charge in [-0.05, 0) is 30.4 Å². The highest BCUT2D eigenvalue weighted by Crippen LogP contribution is 2.53. The average Bonchev–Trinajstić information content (AvgIpc) is 3.24. The van der Waals surface area contributed by atoms with Gasteiger partial charge in [0.15, 0.2) is 0 Å². The Morgan fingerprint density at radius 1 is 1.57 bits per heavy atom. The van der Waals surface area contributed by atoms with E-state index < -0.39 is 4.92 Å². The Labute approximate surface area is 126 Å². The van der Waals surface area contributed by atoms with E-state index in [1.165, 1.54) is 18.9 Å². The molecule has 0 atom stereocenters. The summed E-state index contributed by atoms with van der Waals surface area (Å²) in [6, 6.07) is 4.96. The second-order valence-electron chi connectivity index (χ2n) is 5.10. The third-order valence-electron chi connectivity index (χ3n) is 3.58. The number of nitro groups is 1. The molecule has 0 spiro atoms. The Kier molecular flexibility index (Phi) is 4.69. The van der Waals surface area contributed by atoms with Crippen LogP contribution in [0.25, 0.3) is 0 Å². The number of carbonyl (C=O) groups excluding carboxylic acids is 1. The Bertz CT molecular complexity index is 560. The minimum atomic E-state index is -0.447. The summed E-state index contributed by atoms with van der Waals surface area (Å²) < 4.78 is 4.69. The first-order chi connectivity index (χ1) is 10.0. The minimum absolute atomic E-state index is 0.0288. The number of nitrogen functional groups attached to an aromatic ring is 1. The van der Waals surface area contributed by atoms with Crippen molar-refractivity contribution in [3.63, 3.8) is 0 Å². The molecule has 114 valence electrons. The van der Waals surface area contributed by atoms with Crippen molar-refractivity contribution in [2.45, 2.75) is 24.2 Å². The maximum Gasteiger partial charge on any atom is 0.307 e. The molecule has 1 fully saturated rings. The average molecular weight is 311 g/mol. The lowest BCUT2D eigenvalue weighted by atomic mass is 10.1. The number of hydrazine groups is 1. The molecule has 21 heavy (non-hydrogen) atoms. The zero-order chi connectivity index (χ0) is 15.5. The minimum Gasteiger partial charge on any atom is -0.469 e. The summed E-state index contributed by atoms with van der Waals surface area (Å²) in [7, 11) is 1.37. The highest BCUT2D eigenvalue weighted by molar-refractivity contribution is 7.99. The number of nitrogens with two attached hydrogens (primary N) is 1. The summed E-state index contributed by atoms with van der Waals surface area (Å²) in [6.07, 6.45) is 2.24. The number of rotatable bonds is 7. The highest BCUT2D eigenvalue weighted by Gasteiger charge is 2.45. The first-order valence-corrected chi connectivity index (χ1v) is 7.43. The molecule has 7 nitrogen and oxygen atoms in total. The summed E-state index contributed by atoms with van der Waals surface area (Å²) in [4.78, 5) is 22.7. The van der Waals surface area contributed by atoms with E-state index in [-0.39, 0.29) is 22.8 Å². The quantitative estimate of drug-likeness (QED) is 0.261. The van der Waals surface area contributed by atoms with E-state index in [2.05, 4.69) is 5.43 Å². The van der Waals surface area contributed by atoms with Crippen LogP contribution in [0.4, 0.5) is 11.4 Å². The molecular formula is C13H17N3O4S. The molecule has 0 heterocycles. The van der Waals surface area contributed by atoms with Crippen molar-refractivity contribution in [1.82, 2.24) is 0 Å². The van der Waals surface area contributed by atoms with E-state index in [4.69, 9.17) is 10.6 Å². The monoisotopic (exact) mass is 311 g/mol. The van der Waals surface area contributed by atoms with Gasteiger partial charge in [-0.15, -0.1) is 11.8 Å². The second-order valence-corrected chi connectivity index (χ2v) is 6.11. The summed E-state index contributed by atoms with van der Waals surface area (Å²) in [5.74, 6) is 5.72. The van der Waals surface area contributed by atoms with Crippen molar-refractivity contribution in [1.29, 1.82) is 0 Å². The number of hydrogen-bond acceptors (Lipinski definition) is 7. The third-order valence-corrected chi connectivity index (χ3v) is 4.97. The van der Waals surface area contributed by atoms with Crippen molar-refractivity contribution < 1.29 is 14.5 Å². The number of nitrogens with zero attached hydrogens (tertiary/aromatic N) is 1. The molecule has 0 amide bonds. The Hall–Kier alpha value is -1.80. The van der Waals surface area contributed by atoms with Crippen LogP contribution in [0.5, 0.6) is 0 Å². The van der Waals surface area contributed by atoms with Gasteiger partial charge in [-0.3, -0.25) is 20.8 Å². The summed E-state index contributed by atoms with van der Waals surface area (Å²) in [6.45, 7) is 0. The molecule has 1 aliphatic carbocycles. The first kappa shape index (κ1) is 15.6. The summed E-state index contributed by atoms with van der Waals surface area (Å²) in [5, 5.41) is 11.2. The number of hydrogen-bond donors (Lipinski definition) is 2. The SMILES string of the molecule is COC(=O)CC1(CSc2cccc(NN)c2[N+](=O)[O-])CC1. The molecule has 3 N–H and O–H groups in total. The fraction of sp³-hybridized carbons (Fsp3) is 0.462. The Balaban J connectivity index is 2.10. The summed E-state index contributed by atoms with van der Waals surface area (Å²) >= 11 is 1.38. The van der Waals surface area contributed by atoms with Crippen LogP contribution in [0.2, 0.25) is 0 Å². The molecule has 0 radical (unpaired) electrons. The van der Waals surface area contributed by atoms with Crippen LogP contribution < -0.4 is 11.3 Å². The Morgan fingerprint density at radius 3 is 2.81 bits per heavy atom. The summed E-state index contributed by atoms with van der Waals surface area (Å²) in [5.41, 5.74) is 2.51. The number of esters is 1. The van der Waals surface area contributed by atoms with Crippen LogP contribution in [0.3, 0.4) is 0 Å². The molecule has 2 rings (SSSR count). The molecule has 1 aliphatic rings. The van der Waals surface area contributed by atoms with Gasteiger partial charge in [0.25, 0.3) is 0 Å². The highest BCUT2D eigenvalue weighted by atomic mass is 32.2. The zero-order valence-electron chi connectivity index (χ0n) is 11.6. The van der Waals surface area contributed by atoms with Crippen LogP contribution in [-0.2, 0) is 9.53 Å². The van der Waals surface area contributed by atoms with E-state index in [0.717, 1.165) is 12.8 Å². The second kappa shape index (κ2) is 6.31. The fourth-order valence-corrected chi connectivity index (χ4v) is 3.45. The van der Waals surface area contributed by atoms with E-state index in [0.29, 0.717) is 17.1 Å². The predicted octanol–water partition coefficient (Wildman–Crippen LogP) is 2.32. The van der Waals surface area contributed by atoms with E-state index >= 15 is 0 Å². The van der Waals surface area contributed by atoms with Gasteiger partial charge in [0.1, 0.15) is 5.69 Å². The van der Waals surface area contributed by atoms with Gasteiger partial charge in [-0.1, -0.05) is 6.07 Å². The molecular weight excluding hydrogens is 294 g/mol. The van der Waals surface area contributed by atoms with Crippen LogP contribution in [0, 0.1) is 15.5 Å². The van der Waals surface area contributed by atoms with Gasteiger partial charge < -0.3 is 10.2 Å². The molecule has 1 aromatic rings. The van der Waals surface area contributed by atoms with Crippen molar-refractivity contribution in [3.8, 4) is 0 Å². The molecule has 0 bridgehead atoms. The molecule has 1 saturated carbocycles. The Morgan fingerprint density at radius 2 is 2.29 bits per heavy atom. The smallest absolute Gasteiger partial charge is 0.307 e. The number of thioether (sulfide) groups is 1. The van der Waals surface area contributed by atoms with Gasteiger partial charge in [-0.2, -0.15) is 0 Å². The van der Waals surface area contributed by atoms with Gasteiger partial charge in [0.2, 0.25) is 0 Å². The molecule has 0 aliphatic heterocycles. The predicted molar refractivity (Wildman–Crippen MR) is 79.9 cm³/mol. The lowest BCUT2D eigenvalue weighted by molar-refractivity contribution is -0.386. The van der Waals surface area contributed by atoms with E-state index in [9.17, 15) is 14.9 Å². The van der Waals surface area contributed by atoms with Crippen LogP contribution >= 0.6 is 11.8 Å². The number of nitro benzene ring substituents is 1. The standard InChI is InChI=1S/C13H17N3O4S/c1-20-11(17)7-13(5-6-13)8-21-10-4-2-3-9(15-14)12(10)16(18)19/h2-4,15H,5-8,14H2,1H3. The van der Waals surface area contributed by atoms with Gasteiger partial charge >= 0.3 is 11.7 Å². The molecule has 0 saturated heterocycles. The lowest BCUT2D eigenvalue weighted by Gasteiger charge is -2.13.